The molecule has 0 N–H and O–H groups in total. The molecular formula is C54H36N4O. The van der Waals surface area contributed by atoms with Gasteiger partial charge < -0.3 is 8.98 Å². The molecule has 0 unspecified atom stereocenters. The summed E-state index contributed by atoms with van der Waals surface area (Å²) in [5.74, 6) is 1.81. The van der Waals surface area contributed by atoms with Gasteiger partial charge in [-0.1, -0.05) is 135 Å². The van der Waals surface area contributed by atoms with Crippen LogP contribution in [0.4, 0.5) is 0 Å². The van der Waals surface area contributed by atoms with Crippen LogP contribution in [-0.4, -0.2) is 19.5 Å². The lowest BCUT2D eigenvalue weighted by atomic mass is 9.82. The SMILES string of the molecule is CC1(C)c2ccccc2-c2cc3c(cc21)c1ccccc1n3-c1ccc(-c2nc(-c3ccccc3)nc(-c3ccc4c(c3)oc3cccc(-c5ccccc5)c34)n2)cc1. The smallest absolute Gasteiger partial charge is 0.164 e. The van der Waals surface area contributed by atoms with Crippen molar-refractivity contribution in [2.24, 2.45) is 0 Å². The van der Waals surface area contributed by atoms with Gasteiger partial charge in [0, 0.05) is 49.3 Å². The van der Waals surface area contributed by atoms with E-state index in [-0.39, 0.29) is 5.41 Å². The Balaban J connectivity index is 0.985. The van der Waals surface area contributed by atoms with Crippen LogP contribution in [0.3, 0.4) is 0 Å². The van der Waals surface area contributed by atoms with Crippen LogP contribution in [-0.2, 0) is 5.41 Å². The maximum atomic E-state index is 6.49. The molecule has 0 saturated carbocycles. The molecule has 3 heterocycles. The van der Waals surface area contributed by atoms with Crippen LogP contribution in [0.2, 0.25) is 0 Å². The Labute approximate surface area is 340 Å². The molecule has 1 aliphatic carbocycles. The molecule has 0 spiro atoms. The van der Waals surface area contributed by atoms with Crippen molar-refractivity contribution in [2.75, 3.05) is 0 Å². The van der Waals surface area contributed by atoms with Crippen LogP contribution in [0.5, 0.6) is 0 Å². The van der Waals surface area contributed by atoms with E-state index in [2.05, 4.69) is 158 Å². The van der Waals surface area contributed by atoms with Crippen molar-refractivity contribution in [3.63, 3.8) is 0 Å². The molecule has 0 aliphatic heterocycles. The Bertz CT molecular complexity index is 3450. The topological polar surface area (TPSA) is 56.7 Å². The number of fused-ring (bicyclic) bond motifs is 9. The average Bonchev–Trinajstić information content (AvgIpc) is 3.91. The van der Waals surface area contributed by atoms with Crippen molar-refractivity contribution in [2.45, 2.75) is 19.3 Å². The highest BCUT2D eigenvalue weighted by Gasteiger charge is 2.36. The van der Waals surface area contributed by atoms with E-state index < -0.39 is 0 Å². The zero-order valence-corrected chi connectivity index (χ0v) is 32.5. The van der Waals surface area contributed by atoms with Gasteiger partial charge in [0.1, 0.15) is 11.2 Å². The summed E-state index contributed by atoms with van der Waals surface area (Å²) in [6, 6.07) is 64.1. The highest BCUT2D eigenvalue weighted by atomic mass is 16.3. The summed E-state index contributed by atoms with van der Waals surface area (Å²) in [6.07, 6.45) is 0. The van der Waals surface area contributed by atoms with E-state index in [1.54, 1.807) is 0 Å². The van der Waals surface area contributed by atoms with Crippen LogP contribution in [0.1, 0.15) is 25.0 Å². The molecule has 59 heavy (non-hydrogen) atoms. The van der Waals surface area contributed by atoms with Gasteiger partial charge >= 0.3 is 0 Å². The Morgan fingerprint density at radius 2 is 1.03 bits per heavy atom. The van der Waals surface area contributed by atoms with Gasteiger partial charge in [-0.3, -0.25) is 0 Å². The molecule has 5 nitrogen and oxygen atoms in total. The number of hydrogen-bond acceptors (Lipinski definition) is 4. The molecule has 278 valence electrons. The monoisotopic (exact) mass is 756 g/mol. The van der Waals surface area contributed by atoms with Crippen LogP contribution < -0.4 is 0 Å². The minimum absolute atomic E-state index is 0.0727. The molecule has 1 aliphatic rings. The molecule has 3 aromatic heterocycles. The second-order valence-corrected chi connectivity index (χ2v) is 16.0. The average molecular weight is 757 g/mol. The number of rotatable bonds is 5. The maximum Gasteiger partial charge on any atom is 0.164 e. The zero-order chi connectivity index (χ0) is 39.2. The summed E-state index contributed by atoms with van der Waals surface area (Å²) in [6.45, 7) is 4.69. The molecule has 0 bridgehead atoms. The first kappa shape index (κ1) is 33.5. The first-order valence-electron chi connectivity index (χ1n) is 20.1. The maximum absolute atomic E-state index is 6.49. The lowest BCUT2D eigenvalue weighted by molar-refractivity contribution is 0.661. The molecule has 12 rings (SSSR count). The molecule has 0 amide bonds. The number of hydrogen-bond donors (Lipinski definition) is 0. The van der Waals surface area contributed by atoms with Gasteiger partial charge in [0.05, 0.1) is 11.0 Å². The second kappa shape index (κ2) is 12.7. The van der Waals surface area contributed by atoms with Gasteiger partial charge in [0.2, 0.25) is 0 Å². The fourth-order valence-electron chi connectivity index (χ4n) is 9.37. The summed E-state index contributed by atoms with van der Waals surface area (Å²) in [7, 11) is 0. The molecule has 0 atom stereocenters. The highest BCUT2D eigenvalue weighted by Crippen LogP contribution is 2.51. The van der Waals surface area contributed by atoms with Crippen molar-refractivity contribution in [1.82, 2.24) is 19.5 Å². The van der Waals surface area contributed by atoms with E-state index in [4.69, 9.17) is 19.4 Å². The number of nitrogens with zero attached hydrogens (tertiary/aromatic N) is 4. The first-order valence-corrected chi connectivity index (χ1v) is 20.1. The Morgan fingerprint density at radius 3 is 1.81 bits per heavy atom. The third-order valence-electron chi connectivity index (χ3n) is 12.3. The Kier molecular flexibility index (Phi) is 7.20. The fraction of sp³-hybridized carbons (Fsp3) is 0.0556. The molecule has 0 saturated heterocycles. The molecule has 0 fully saturated rings. The molecule has 0 radical (unpaired) electrons. The highest BCUT2D eigenvalue weighted by molar-refractivity contribution is 6.13. The lowest BCUT2D eigenvalue weighted by Gasteiger charge is -2.21. The quantitative estimate of drug-likeness (QED) is 0.175. The van der Waals surface area contributed by atoms with E-state index in [0.717, 1.165) is 55.4 Å². The van der Waals surface area contributed by atoms with Crippen LogP contribution in [0.25, 0.3) is 106 Å². The van der Waals surface area contributed by atoms with Gasteiger partial charge in [-0.2, -0.15) is 0 Å². The lowest BCUT2D eigenvalue weighted by Crippen LogP contribution is -2.14. The number of benzene rings is 8. The van der Waals surface area contributed by atoms with E-state index in [9.17, 15) is 0 Å². The number of furan rings is 1. The van der Waals surface area contributed by atoms with Gasteiger partial charge in [0.15, 0.2) is 17.5 Å². The second-order valence-electron chi connectivity index (χ2n) is 16.0. The summed E-state index contributed by atoms with van der Waals surface area (Å²) in [5, 5.41) is 4.66. The van der Waals surface area contributed by atoms with Crippen molar-refractivity contribution in [3.8, 4) is 62.1 Å². The Hall–Kier alpha value is -7.63. The van der Waals surface area contributed by atoms with E-state index in [0.29, 0.717) is 17.5 Å². The van der Waals surface area contributed by atoms with Crippen LogP contribution in [0.15, 0.2) is 186 Å². The third kappa shape index (κ3) is 5.14. The number of para-hydroxylation sites is 1. The van der Waals surface area contributed by atoms with Crippen LogP contribution in [0, 0.1) is 0 Å². The van der Waals surface area contributed by atoms with Gasteiger partial charge in [0.25, 0.3) is 0 Å². The van der Waals surface area contributed by atoms with Gasteiger partial charge in [-0.15, -0.1) is 0 Å². The molecule has 5 heteroatoms. The van der Waals surface area contributed by atoms with E-state index in [1.165, 1.54) is 44.1 Å². The predicted octanol–water partition coefficient (Wildman–Crippen LogP) is 13.8. The van der Waals surface area contributed by atoms with Gasteiger partial charge in [-0.25, -0.2) is 15.0 Å². The predicted molar refractivity (Wildman–Crippen MR) is 241 cm³/mol. The van der Waals surface area contributed by atoms with Crippen molar-refractivity contribution >= 4 is 43.7 Å². The van der Waals surface area contributed by atoms with Crippen LogP contribution >= 0.6 is 0 Å². The summed E-state index contributed by atoms with van der Waals surface area (Å²) in [4.78, 5) is 15.2. The zero-order valence-electron chi connectivity index (χ0n) is 32.5. The van der Waals surface area contributed by atoms with Crippen molar-refractivity contribution in [3.05, 3.63) is 193 Å². The number of aromatic nitrogens is 4. The third-order valence-corrected chi connectivity index (χ3v) is 12.3. The van der Waals surface area contributed by atoms with E-state index in [1.807, 2.05) is 42.5 Å². The van der Waals surface area contributed by atoms with Crippen molar-refractivity contribution in [1.29, 1.82) is 0 Å². The molecular weight excluding hydrogens is 721 g/mol. The summed E-state index contributed by atoms with van der Waals surface area (Å²) < 4.78 is 8.89. The van der Waals surface area contributed by atoms with Crippen molar-refractivity contribution < 1.29 is 4.42 Å². The fourth-order valence-corrected chi connectivity index (χ4v) is 9.37. The minimum Gasteiger partial charge on any atom is -0.456 e. The molecule has 8 aromatic carbocycles. The standard InChI is InChI=1S/C54H36N4O/c1-54(2)44-21-11-9-18-39(44)42-32-47-43(31-45(42)54)40-19-10-12-22-46(40)58(47)37-27-24-35(25-28-37)52-55-51(34-16-7-4-8-17-34)56-53(57-52)36-26-29-41-49(30-36)59-48-23-13-20-38(50(41)48)33-14-5-3-6-15-33/h3-32H,1-2H3. The normalized spacial score (nSPS) is 13.1. The molecule has 11 aromatic rings. The summed E-state index contributed by atoms with van der Waals surface area (Å²) in [5.41, 5.74) is 15.4. The van der Waals surface area contributed by atoms with E-state index >= 15 is 0 Å². The Morgan fingerprint density at radius 1 is 0.407 bits per heavy atom. The minimum atomic E-state index is -0.0727. The largest absolute Gasteiger partial charge is 0.456 e. The van der Waals surface area contributed by atoms with Gasteiger partial charge in [-0.05, 0) is 94.0 Å². The summed E-state index contributed by atoms with van der Waals surface area (Å²) >= 11 is 0. The first-order chi connectivity index (χ1) is 29.0.